The monoisotopic (exact) mass is 443 g/mol. The van der Waals surface area contributed by atoms with Crippen molar-refractivity contribution in [2.24, 2.45) is 0 Å². The lowest BCUT2D eigenvalue weighted by molar-refractivity contribution is -0.127. The number of benzene rings is 2. The molecule has 1 aromatic heterocycles. The summed E-state index contributed by atoms with van der Waals surface area (Å²) >= 11 is 0. The number of nitrogens with zero attached hydrogens (tertiary/aromatic N) is 4. The van der Waals surface area contributed by atoms with Crippen molar-refractivity contribution < 1.29 is 9.59 Å². The van der Waals surface area contributed by atoms with Gasteiger partial charge < -0.3 is 15.1 Å². The van der Waals surface area contributed by atoms with Crippen molar-refractivity contribution in [3.63, 3.8) is 0 Å². The lowest BCUT2D eigenvalue weighted by atomic mass is 9.93. The summed E-state index contributed by atoms with van der Waals surface area (Å²) in [5.74, 6) is 0.187. The SMILES string of the molecule is Cc1cccc(-c2ccccc2C[C@@H]2C(=O)NCCN2C(=O)c2cnc(N(C)C)nc2C)c1. The molecule has 1 atom stereocenters. The van der Waals surface area contributed by atoms with Gasteiger partial charge in [0.2, 0.25) is 11.9 Å². The van der Waals surface area contributed by atoms with Crippen LogP contribution in [0, 0.1) is 13.8 Å². The minimum atomic E-state index is -0.606. The number of hydrogen-bond acceptors (Lipinski definition) is 5. The highest BCUT2D eigenvalue weighted by Crippen LogP contribution is 2.27. The van der Waals surface area contributed by atoms with E-state index in [4.69, 9.17) is 0 Å². The average Bonchev–Trinajstić information content (AvgIpc) is 2.80. The Morgan fingerprint density at radius 1 is 1.15 bits per heavy atom. The summed E-state index contributed by atoms with van der Waals surface area (Å²) in [4.78, 5) is 38.6. The summed E-state index contributed by atoms with van der Waals surface area (Å²) in [6, 6.07) is 15.8. The van der Waals surface area contributed by atoms with Gasteiger partial charge in [-0.3, -0.25) is 9.59 Å². The first-order valence-corrected chi connectivity index (χ1v) is 11.1. The molecule has 4 rings (SSSR count). The van der Waals surface area contributed by atoms with Crippen molar-refractivity contribution >= 4 is 17.8 Å². The van der Waals surface area contributed by atoms with Gasteiger partial charge in [-0.1, -0.05) is 54.1 Å². The van der Waals surface area contributed by atoms with Crippen LogP contribution in [0.5, 0.6) is 0 Å². The number of anilines is 1. The van der Waals surface area contributed by atoms with Crippen LogP contribution in [0.4, 0.5) is 5.95 Å². The third-order valence-electron chi connectivity index (χ3n) is 5.95. The molecule has 0 unspecified atom stereocenters. The van der Waals surface area contributed by atoms with Gasteiger partial charge in [-0.15, -0.1) is 0 Å². The van der Waals surface area contributed by atoms with E-state index < -0.39 is 6.04 Å². The van der Waals surface area contributed by atoms with Gasteiger partial charge in [0.05, 0.1) is 11.3 Å². The normalized spacial score (nSPS) is 15.8. The van der Waals surface area contributed by atoms with E-state index in [1.54, 1.807) is 22.9 Å². The molecule has 7 heteroatoms. The second-order valence-electron chi connectivity index (χ2n) is 8.60. The summed E-state index contributed by atoms with van der Waals surface area (Å²) < 4.78 is 0. The molecule has 0 spiro atoms. The van der Waals surface area contributed by atoms with Crippen LogP contribution in [0.2, 0.25) is 0 Å². The zero-order valence-electron chi connectivity index (χ0n) is 19.5. The van der Waals surface area contributed by atoms with E-state index in [-0.39, 0.29) is 11.8 Å². The first-order valence-electron chi connectivity index (χ1n) is 11.1. The smallest absolute Gasteiger partial charge is 0.258 e. The Labute approximate surface area is 194 Å². The number of piperazine rings is 1. The van der Waals surface area contributed by atoms with Crippen LogP contribution in [0.25, 0.3) is 11.1 Å². The lowest BCUT2D eigenvalue weighted by Crippen LogP contribution is -2.58. The number of amides is 2. The Balaban J connectivity index is 1.66. The highest BCUT2D eigenvalue weighted by atomic mass is 16.2. The number of aromatic nitrogens is 2. The van der Waals surface area contributed by atoms with Gasteiger partial charge in [-0.2, -0.15) is 0 Å². The molecule has 2 amide bonds. The van der Waals surface area contributed by atoms with Crippen LogP contribution in [0.15, 0.2) is 54.7 Å². The average molecular weight is 444 g/mol. The molecule has 1 aliphatic heterocycles. The number of carbonyl (C=O) groups is 2. The van der Waals surface area contributed by atoms with E-state index in [2.05, 4.69) is 46.5 Å². The van der Waals surface area contributed by atoms with Crippen LogP contribution in [-0.2, 0) is 11.2 Å². The summed E-state index contributed by atoms with van der Waals surface area (Å²) in [5.41, 5.74) is 5.39. The number of hydrogen-bond donors (Lipinski definition) is 1. The highest BCUT2D eigenvalue weighted by Gasteiger charge is 2.35. The molecule has 0 bridgehead atoms. The van der Waals surface area contributed by atoms with E-state index >= 15 is 0 Å². The molecule has 0 saturated carbocycles. The minimum Gasteiger partial charge on any atom is -0.353 e. The van der Waals surface area contributed by atoms with Crippen molar-refractivity contribution in [2.45, 2.75) is 26.3 Å². The summed E-state index contributed by atoms with van der Waals surface area (Å²) in [5, 5.41) is 2.92. The van der Waals surface area contributed by atoms with Crippen molar-refractivity contribution in [1.29, 1.82) is 0 Å². The molecule has 0 radical (unpaired) electrons. The summed E-state index contributed by atoms with van der Waals surface area (Å²) in [6.45, 7) is 4.73. The van der Waals surface area contributed by atoms with Gasteiger partial charge in [0.25, 0.3) is 5.91 Å². The topological polar surface area (TPSA) is 78.4 Å². The standard InChI is InChI=1S/C26H29N5O2/c1-17-8-7-10-19(14-17)21-11-6-5-9-20(21)15-23-24(32)27-12-13-31(23)25(33)22-16-28-26(30(3)4)29-18(22)2/h5-11,14,16,23H,12-13,15H2,1-4H3,(H,27,32)/t23-/m1/s1. The molecular formula is C26H29N5O2. The van der Waals surface area contributed by atoms with Crippen molar-refractivity contribution in [3.8, 4) is 11.1 Å². The predicted molar refractivity (Wildman–Crippen MR) is 129 cm³/mol. The highest BCUT2D eigenvalue weighted by molar-refractivity contribution is 5.99. The van der Waals surface area contributed by atoms with Crippen LogP contribution in [-0.4, -0.2) is 59.9 Å². The van der Waals surface area contributed by atoms with Gasteiger partial charge in [0.1, 0.15) is 6.04 Å². The molecule has 0 aliphatic carbocycles. The molecular weight excluding hydrogens is 414 g/mol. The largest absolute Gasteiger partial charge is 0.353 e. The molecule has 1 fully saturated rings. The lowest BCUT2D eigenvalue weighted by Gasteiger charge is -2.35. The Bertz CT molecular complexity index is 1190. The van der Waals surface area contributed by atoms with Gasteiger partial charge in [0.15, 0.2) is 0 Å². The van der Waals surface area contributed by atoms with E-state index in [1.165, 1.54) is 5.56 Å². The maximum atomic E-state index is 13.5. The fourth-order valence-electron chi connectivity index (χ4n) is 4.20. The molecule has 2 heterocycles. The van der Waals surface area contributed by atoms with Crippen molar-refractivity contribution in [1.82, 2.24) is 20.2 Å². The maximum absolute atomic E-state index is 13.5. The van der Waals surface area contributed by atoms with Crippen molar-refractivity contribution in [2.75, 3.05) is 32.1 Å². The second-order valence-corrected chi connectivity index (χ2v) is 8.60. The van der Waals surface area contributed by atoms with Gasteiger partial charge >= 0.3 is 0 Å². The molecule has 1 saturated heterocycles. The first-order chi connectivity index (χ1) is 15.8. The molecule has 1 N–H and O–H groups in total. The van der Waals surface area contributed by atoms with Crippen LogP contribution in [0.1, 0.15) is 27.2 Å². The van der Waals surface area contributed by atoms with Crippen LogP contribution in [0.3, 0.4) is 0 Å². The van der Waals surface area contributed by atoms with Gasteiger partial charge in [-0.25, -0.2) is 9.97 Å². The third-order valence-corrected chi connectivity index (χ3v) is 5.95. The number of rotatable bonds is 5. The van der Waals surface area contributed by atoms with Gasteiger partial charge in [-0.05, 0) is 30.5 Å². The number of carbonyl (C=O) groups excluding carboxylic acids is 2. The molecule has 3 aromatic rings. The zero-order valence-corrected chi connectivity index (χ0v) is 19.5. The summed E-state index contributed by atoms with van der Waals surface area (Å²) in [6.07, 6.45) is 1.99. The molecule has 1 aliphatic rings. The van der Waals surface area contributed by atoms with E-state index in [1.807, 2.05) is 38.4 Å². The Kier molecular flexibility index (Phi) is 6.40. The van der Waals surface area contributed by atoms with Crippen LogP contribution >= 0.6 is 0 Å². The third kappa shape index (κ3) is 4.72. The molecule has 7 nitrogen and oxygen atoms in total. The van der Waals surface area contributed by atoms with Crippen LogP contribution < -0.4 is 10.2 Å². The fourth-order valence-corrected chi connectivity index (χ4v) is 4.20. The van der Waals surface area contributed by atoms with Crippen molar-refractivity contribution in [3.05, 3.63) is 77.1 Å². The molecule has 170 valence electrons. The Hall–Kier alpha value is -3.74. The fraction of sp³-hybridized carbons (Fsp3) is 0.308. The number of nitrogens with one attached hydrogen (secondary N) is 1. The first kappa shape index (κ1) is 22.5. The maximum Gasteiger partial charge on any atom is 0.258 e. The van der Waals surface area contributed by atoms with Gasteiger partial charge in [0, 0.05) is 39.8 Å². The predicted octanol–water partition coefficient (Wildman–Crippen LogP) is 3.01. The Morgan fingerprint density at radius 3 is 2.67 bits per heavy atom. The number of aryl methyl sites for hydroxylation is 2. The van der Waals surface area contributed by atoms with E-state index in [0.717, 1.165) is 16.7 Å². The molecule has 2 aromatic carbocycles. The summed E-state index contributed by atoms with van der Waals surface area (Å²) in [7, 11) is 3.71. The van der Waals surface area contributed by atoms with E-state index in [9.17, 15) is 9.59 Å². The molecule has 33 heavy (non-hydrogen) atoms. The second kappa shape index (κ2) is 9.40. The minimum absolute atomic E-state index is 0.142. The Morgan fingerprint density at radius 2 is 1.94 bits per heavy atom. The van der Waals surface area contributed by atoms with E-state index in [0.29, 0.717) is 36.7 Å². The quantitative estimate of drug-likeness (QED) is 0.656. The zero-order chi connectivity index (χ0) is 23.5.